The van der Waals surface area contributed by atoms with E-state index in [4.69, 9.17) is 11.6 Å². The van der Waals surface area contributed by atoms with E-state index >= 15 is 0 Å². The highest BCUT2D eigenvalue weighted by atomic mass is 79.9. The first kappa shape index (κ1) is 16.6. The molecule has 0 fully saturated rings. The van der Waals surface area contributed by atoms with Crippen LogP contribution in [0, 0.1) is 0 Å². The van der Waals surface area contributed by atoms with Crippen molar-refractivity contribution in [1.29, 1.82) is 0 Å². The minimum Gasteiger partial charge on any atom is -0.268 e. The lowest BCUT2D eigenvalue weighted by molar-refractivity contribution is 0.818. The van der Waals surface area contributed by atoms with Crippen LogP contribution in [-0.2, 0) is 0 Å². The Hall–Kier alpha value is -1.30. The van der Waals surface area contributed by atoms with Crippen molar-refractivity contribution in [3.8, 4) is 5.69 Å². The fraction of sp³-hybridized carbons (Fsp3) is 0.176. The SMILES string of the molecule is CCCSc1nc2cc(Br)ccc2c(=O)n1-c1ccccc1Cl. The number of para-hydroxylation sites is 1. The van der Waals surface area contributed by atoms with E-state index < -0.39 is 0 Å². The summed E-state index contributed by atoms with van der Waals surface area (Å²) < 4.78 is 2.51. The molecule has 3 nitrogen and oxygen atoms in total. The molecule has 0 saturated carbocycles. The third-order valence-corrected chi connectivity index (χ3v) is 5.29. The number of hydrogen-bond acceptors (Lipinski definition) is 3. The lowest BCUT2D eigenvalue weighted by atomic mass is 10.2. The fourth-order valence-electron chi connectivity index (χ4n) is 2.27. The number of fused-ring (bicyclic) bond motifs is 1. The van der Waals surface area contributed by atoms with E-state index in [1.165, 1.54) is 0 Å². The fourth-order valence-corrected chi connectivity index (χ4v) is 3.70. The standard InChI is InChI=1S/C17H14BrClN2OS/c1-2-9-23-17-20-14-10-11(18)7-8-12(14)16(22)21(17)15-6-4-3-5-13(15)19/h3-8,10H,2,9H2,1H3. The minimum atomic E-state index is -0.103. The van der Waals surface area contributed by atoms with Crippen molar-refractivity contribution in [2.24, 2.45) is 0 Å². The van der Waals surface area contributed by atoms with Gasteiger partial charge in [0.2, 0.25) is 0 Å². The molecule has 0 aliphatic heterocycles. The summed E-state index contributed by atoms with van der Waals surface area (Å²) in [4.78, 5) is 17.7. The van der Waals surface area contributed by atoms with Crippen LogP contribution in [0.2, 0.25) is 5.02 Å². The second-order valence-electron chi connectivity index (χ2n) is 5.00. The Labute approximate surface area is 151 Å². The molecule has 6 heteroatoms. The average molecular weight is 410 g/mol. The molecular weight excluding hydrogens is 396 g/mol. The van der Waals surface area contributed by atoms with Crippen LogP contribution in [0.25, 0.3) is 16.6 Å². The molecule has 0 aliphatic carbocycles. The van der Waals surface area contributed by atoms with Gasteiger partial charge in [0.15, 0.2) is 5.16 Å². The number of aromatic nitrogens is 2. The number of thioether (sulfide) groups is 1. The highest BCUT2D eigenvalue weighted by molar-refractivity contribution is 9.10. The summed E-state index contributed by atoms with van der Waals surface area (Å²) >= 11 is 11.3. The van der Waals surface area contributed by atoms with Crippen LogP contribution in [0.1, 0.15) is 13.3 Å². The van der Waals surface area contributed by atoms with Gasteiger partial charge in [-0.25, -0.2) is 4.98 Å². The van der Waals surface area contributed by atoms with Crippen LogP contribution in [0.15, 0.2) is 56.9 Å². The van der Waals surface area contributed by atoms with Crippen molar-refractivity contribution in [2.45, 2.75) is 18.5 Å². The topological polar surface area (TPSA) is 34.9 Å². The average Bonchev–Trinajstić information content (AvgIpc) is 2.54. The van der Waals surface area contributed by atoms with Gasteiger partial charge in [0.05, 0.1) is 21.6 Å². The third-order valence-electron chi connectivity index (χ3n) is 3.33. The smallest absolute Gasteiger partial charge is 0.266 e. The molecule has 0 radical (unpaired) electrons. The van der Waals surface area contributed by atoms with Crippen LogP contribution in [0.5, 0.6) is 0 Å². The Kier molecular flexibility index (Phi) is 5.09. The number of rotatable bonds is 4. The number of nitrogens with zero attached hydrogens (tertiary/aromatic N) is 2. The molecule has 0 amide bonds. The van der Waals surface area contributed by atoms with Gasteiger partial charge in [-0.3, -0.25) is 9.36 Å². The lowest BCUT2D eigenvalue weighted by Gasteiger charge is -2.14. The quantitative estimate of drug-likeness (QED) is 0.433. The highest BCUT2D eigenvalue weighted by Crippen LogP contribution is 2.26. The lowest BCUT2D eigenvalue weighted by Crippen LogP contribution is -2.22. The van der Waals surface area contributed by atoms with E-state index in [1.54, 1.807) is 28.5 Å². The van der Waals surface area contributed by atoms with Crippen LogP contribution >= 0.6 is 39.3 Å². The summed E-state index contributed by atoms with van der Waals surface area (Å²) in [6, 6.07) is 12.8. The second-order valence-corrected chi connectivity index (χ2v) is 7.38. The van der Waals surface area contributed by atoms with Crippen LogP contribution in [-0.4, -0.2) is 15.3 Å². The zero-order valence-electron chi connectivity index (χ0n) is 12.4. The van der Waals surface area contributed by atoms with E-state index in [-0.39, 0.29) is 5.56 Å². The van der Waals surface area contributed by atoms with Crippen molar-refractivity contribution in [1.82, 2.24) is 9.55 Å². The van der Waals surface area contributed by atoms with Gasteiger partial charge in [-0.1, -0.05) is 58.3 Å². The molecule has 1 aromatic heterocycles. The van der Waals surface area contributed by atoms with E-state index in [0.717, 1.165) is 16.6 Å². The van der Waals surface area contributed by atoms with Crippen molar-refractivity contribution in [3.05, 3.63) is 62.3 Å². The zero-order valence-corrected chi connectivity index (χ0v) is 15.6. The summed E-state index contributed by atoms with van der Waals surface area (Å²) in [6.07, 6.45) is 1.000. The van der Waals surface area contributed by atoms with Crippen molar-refractivity contribution in [3.63, 3.8) is 0 Å². The van der Waals surface area contributed by atoms with Gasteiger partial charge in [0, 0.05) is 10.2 Å². The predicted molar refractivity (Wildman–Crippen MR) is 101 cm³/mol. The summed E-state index contributed by atoms with van der Waals surface area (Å²) in [5, 5.41) is 1.77. The first-order chi connectivity index (χ1) is 11.1. The van der Waals surface area contributed by atoms with Gasteiger partial charge in [0.25, 0.3) is 5.56 Å². The Bertz CT molecular complexity index is 926. The van der Waals surface area contributed by atoms with Crippen LogP contribution in [0.4, 0.5) is 0 Å². The molecule has 118 valence electrons. The Morgan fingerprint density at radius 2 is 2.04 bits per heavy atom. The maximum Gasteiger partial charge on any atom is 0.266 e. The molecule has 23 heavy (non-hydrogen) atoms. The second kappa shape index (κ2) is 7.07. The first-order valence-corrected chi connectivity index (χ1v) is 9.37. The summed E-state index contributed by atoms with van der Waals surface area (Å²) in [7, 11) is 0. The first-order valence-electron chi connectivity index (χ1n) is 7.22. The van der Waals surface area contributed by atoms with E-state index in [2.05, 4.69) is 27.8 Å². The molecule has 0 aliphatic rings. The van der Waals surface area contributed by atoms with Crippen LogP contribution < -0.4 is 5.56 Å². The number of hydrogen-bond donors (Lipinski definition) is 0. The summed E-state index contributed by atoms with van der Waals surface area (Å²) in [5.41, 5.74) is 1.25. The highest BCUT2D eigenvalue weighted by Gasteiger charge is 2.15. The molecule has 0 unspecified atom stereocenters. The molecule has 0 bridgehead atoms. The number of halogens is 2. The summed E-state index contributed by atoms with van der Waals surface area (Å²) in [5.74, 6) is 0.885. The van der Waals surface area contributed by atoms with Gasteiger partial charge < -0.3 is 0 Å². The Morgan fingerprint density at radius 3 is 2.78 bits per heavy atom. The molecule has 0 atom stereocenters. The molecule has 3 rings (SSSR count). The Balaban J connectivity index is 2.34. The van der Waals surface area contributed by atoms with Crippen molar-refractivity contribution in [2.75, 3.05) is 5.75 Å². The molecule has 0 N–H and O–H groups in total. The van der Waals surface area contributed by atoms with E-state index in [1.807, 2.05) is 30.3 Å². The molecule has 2 aromatic carbocycles. The van der Waals surface area contributed by atoms with Gasteiger partial charge in [-0.05, 0) is 36.8 Å². The largest absolute Gasteiger partial charge is 0.268 e. The zero-order chi connectivity index (χ0) is 16.4. The number of benzene rings is 2. The van der Waals surface area contributed by atoms with Gasteiger partial charge >= 0.3 is 0 Å². The molecule has 0 saturated heterocycles. The molecule has 1 heterocycles. The van der Waals surface area contributed by atoms with Crippen molar-refractivity contribution >= 4 is 50.2 Å². The maximum atomic E-state index is 13.0. The van der Waals surface area contributed by atoms with Crippen LogP contribution in [0.3, 0.4) is 0 Å². The normalized spacial score (nSPS) is 11.1. The summed E-state index contributed by atoms with van der Waals surface area (Å²) in [6.45, 7) is 2.10. The maximum absolute atomic E-state index is 13.0. The van der Waals surface area contributed by atoms with Gasteiger partial charge in [0.1, 0.15) is 0 Å². The molecule has 0 spiro atoms. The monoisotopic (exact) mass is 408 g/mol. The van der Waals surface area contributed by atoms with Crippen molar-refractivity contribution < 1.29 is 0 Å². The minimum absolute atomic E-state index is 0.103. The third kappa shape index (κ3) is 3.32. The van der Waals surface area contributed by atoms with Gasteiger partial charge in [-0.15, -0.1) is 0 Å². The Morgan fingerprint density at radius 1 is 1.26 bits per heavy atom. The van der Waals surface area contributed by atoms with Gasteiger partial charge in [-0.2, -0.15) is 0 Å². The molecule has 3 aromatic rings. The molecular formula is C17H14BrClN2OS. The predicted octanol–water partition coefficient (Wildman–Crippen LogP) is 5.30. The van der Waals surface area contributed by atoms with E-state index in [0.29, 0.717) is 26.8 Å². The van der Waals surface area contributed by atoms with E-state index in [9.17, 15) is 4.79 Å².